The first-order valence-corrected chi connectivity index (χ1v) is 6.96. The van der Waals surface area contributed by atoms with E-state index in [1.807, 2.05) is 18.2 Å². The maximum absolute atomic E-state index is 12.6. The zero-order chi connectivity index (χ0) is 15.5. The molecular weight excluding hydrogens is 283 g/mol. The van der Waals surface area contributed by atoms with Gasteiger partial charge in [-0.25, -0.2) is 0 Å². The molecule has 1 unspecified atom stereocenters. The number of rotatable bonds is 4. The third-order valence-electron chi connectivity index (χ3n) is 3.72. The predicted molar refractivity (Wildman–Crippen MR) is 71.8 cm³/mol. The lowest BCUT2D eigenvalue weighted by atomic mass is 9.82. The molecule has 1 N–H and O–H groups in total. The molecule has 0 radical (unpaired) electrons. The van der Waals surface area contributed by atoms with E-state index in [2.05, 4.69) is 0 Å². The summed E-state index contributed by atoms with van der Waals surface area (Å²) in [5, 5.41) is 8.91. The Bertz CT molecular complexity index is 502. The number of hydrogen-bond acceptors (Lipinski definition) is 2. The lowest BCUT2D eigenvalue weighted by Crippen LogP contribution is -2.43. The third-order valence-corrected chi connectivity index (χ3v) is 3.72. The van der Waals surface area contributed by atoms with Gasteiger partial charge in [0.15, 0.2) is 0 Å². The Labute approximate surface area is 121 Å². The van der Waals surface area contributed by atoms with Gasteiger partial charge in [-0.1, -0.05) is 24.3 Å². The minimum atomic E-state index is -4.46. The van der Waals surface area contributed by atoms with Crippen molar-refractivity contribution in [1.29, 1.82) is 0 Å². The fourth-order valence-corrected chi connectivity index (χ4v) is 2.84. The van der Waals surface area contributed by atoms with Gasteiger partial charge >= 0.3 is 6.18 Å². The van der Waals surface area contributed by atoms with Crippen molar-refractivity contribution in [2.75, 3.05) is 19.7 Å². The molecule has 1 atom stereocenters. The molecule has 2 rings (SSSR count). The van der Waals surface area contributed by atoms with Crippen molar-refractivity contribution in [2.45, 2.75) is 31.4 Å². The zero-order valence-electron chi connectivity index (χ0n) is 11.6. The van der Waals surface area contributed by atoms with Gasteiger partial charge in [0.1, 0.15) is 6.54 Å². The summed E-state index contributed by atoms with van der Waals surface area (Å²) in [6.45, 7) is -2.09. The van der Waals surface area contributed by atoms with E-state index in [0.29, 0.717) is 11.3 Å². The maximum Gasteiger partial charge on any atom is 0.406 e. The molecule has 21 heavy (non-hydrogen) atoms. The SMILES string of the molecule is O=C(C1CCCc2ccccc21)N(CCO)CC(F)(F)F. The van der Waals surface area contributed by atoms with Crippen LogP contribution in [0.25, 0.3) is 0 Å². The Morgan fingerprint density at radius 3 is 2.71 bits per heavy atom. The summed E-state index contributed by atoms with van der Waals surface area (Å²) >= 11 is 0. The highest BCUT2D eigenvalue weighted by molar-refractivity contribution is 5.84. The van der Waals surface area contributed by atoms with E-state index in [1.165, 1.54) is 0 Å². The summed E-state index contributed by atoms with van der Waals surface area (Å²) < 4.78 is 37.7. The molecule has 116 valence electrons. The molecule has 1 aromatic rings. The standard InChI is InChI=1S/C15H18F3NO2/c16-15(17,18)10-19(8-9-20)14(21)13-7-3-5-11-4-1-2-6-12(11)13/h1-2,4,6,13,20H,3,5,7-10H2. The van der Waals surface area contributed by atoms with E-state index in [9.17, 15) is 18.0 Å². The molecule has 0 spiro atoms. The van der Waals surface area contributed by atoms with Crippen LogP contribution in [-0.2, 0) is 11.2 Å². The topological polar surface area (TPSA) is 40.5 Å². The van der Waals surface area contributed by atoms with Crippen LogP contribution in [0, 0.1) is 0 Å². The van der Waals surface area contributed by atoms with Gasteiger partial charge in [-0.15, -0.1) is 0 Å². The first-order valence-electron chi connectivity index (χ1n) is 6.96. The van der Waals surface area contributed by atoms with Gasteiger partial charge in [0, 0.05) is 6.54 Å². The summed E-state index contributed by atoms with van der Waals surface area (Å²) in [6, 6.07) is 7.38. The van der Waals surface area contributed by atoms with Crippen LogP contribution in [0.4, 0.5) is 13.2 Å². The number of hydrogen-bond donors (Lipinski definition) is 1. The van der Waals surface area contributed by atoms with Crippen LogP contribution in [0.1, 0.15) is 29.9 Å². The van der Waals surface area contributed by atoms with Crippen molar-refractivity contribution >= 4 is 5.91 Å². The number of benzene rings is 1. The molecule has 0 aliphatic heterocycles. The fourth-order valence-electron chi connectivity index (χ4n) is 2.84. The zero-order valence-corrected chi connectivity index (χ0v) is 11.6. The van der Waals surface area contributed by atoms with E-state index in [4.69, 9.17) is 5.11 Å². The Morgan fingerprint density at radius 1 is 1.33 bits per heavy atom. The second kappa shape index (κ2) is 6.47. The van der Waals surface area contributed by atoms with Crippen LogP contribution >= 0.6 is 0 Å². The number of halogens is 3. The molecule has 1 aliphatic carbocycles. The average Bonchev–Trinajstić information content (AvgIpc) is 2.44. The Hall–Kier alpha value is -1.56. The number of carbonyl (C=O) groups is 1. The molecule has 1 aromatic carbocycles. The fraction of sp³-hybridized carbons (Fsp3) is 0.533. The number of aryl methyl sites for hydroxylation is 1. The van der Waals surface area contributed by atoms with Crippen LogP contribution in [0.2, 0.25) is 0 Å². The van der Waals surface area contributed by atoms with Gasteiger partial charge in [-0.05, 0) is 30.4 Å². The summed E-state index contributed by atoms with van der Waals surface area (Å²) in [5.74, 6) is -1.09. The second-order valence-corrected chi connectivity index (χ2v) is 5.24. The first-order chi connectivity index (χ1) is 9.92. The third kappa shape index (κ3) is 3.97. The first kappa shape index (κ1) is 15.8. The lowest BCUT2D eigenvalue weighted by molar-refractivity contribution is -0.163. The number of carbonyl (C=O) groups excluding carboxylic acids is 1. The van der Waals surface area contributed by atoms with Crippen LogP contribution in [0.5, 0.6) is 0 Å². The quantitative estimate of drug-likeness (QED) is 0.928. The Morgan fingerprint density at radius 2 is 2.05 bits per heavy atom. The molecule has 0 heterocycles. The Kier molecular flexibility index (Phi) is 4.88. The van der Waals surface area contributed by atoms with Crippen LogP contribution in [-0.4, -0.2) is 41.8 Å². The van der Waals surface area contributed by atoms with Gasteiger partial charge in [0.2, 0.25) is 5.91 Å². The number of nitrogens with zero attached hydrogens (tertiary/aromatic N) is 1. The van der Waals surface area contributed by atoms with Gasteiger partial charge in [-0.2, -0.15) is 13.2 Å². The molecule has 0 aromatic heterocycles. The molecule has 6 heteroatoms. The summed E-state index contributed by atoms with van der Waals surface area (Å²) in [7, 11) is 0. The monoisotopic (exact) mass is 301 g/mol. The van der Waals surface area contributed by atoms with Crippen molar-refractivity contribution in [2.24, 2.45) is 0 Å². The molecule has 1 amide bonds. The van der Waals surface area contributed by atoms with E-state index < -0.39 is 31.2 Å². The van der Waals surface area contributed by atoms with Gasteiger partial charge in [-0.3, -0.25) is 4.79 Å². The van der Waals surface area contributed by atoms with Crippen molar-refractivity contribution in [1.82, 2.24) is 4.90 Å². The minimum absolute atomic E-state index is 0.295. The lowest BCUT2D eigenvalue weighted by Gasteiger charge is -2.31. The van der Waals surface area contributed by atoms with Gasteiger partial charge in [0.25, 0.3) is 0 Å². The van der Waals surface area contributed by atoms with Crippen molar-refractivity contribution < 1.29 is 23.1 Å². The number of alkyl halides is 3. The van der Waals surface area contributed by atoms with E-state index in [-0.39, 0.29) is 6.54 Å². The highest BCUT2D eigenvalue weighted by atomic mass is 19.4. The number of aliphatic hydroxyl groups excluding tert-OH is 1. The molecule has 0 saturated carbocycles. The Balaban J connectivity index is 2.21. The maximum atomic E-state index is 12.6. The van der Waals surface area contributed by atoms with E-state index in [0.717, 1.165) is 24.0 Å². The second-order valence-electron chi connectivity index (χ2n) is 5.24. The highest BCUT2D eigenvalue weighted by Gasteiger charge is 2.36. The molecule has 0 fully saturated rings. The highest BCUT2D eigenvalue weighted by Crippen LogP contribution is 2.33. The molecule has 1 aliphatic rings. The summed E-state index contributed by atoms with van der Waals surface area (Å²) in [5.41, 5.74) is 1.84. The smallest absolute Gasteiger partial charge is 0.395 e. The van der Waals surface area contributed by atoms with Crippen molar-refractivity contribution in [3.05, 3.63) is 35.4 Å². The largest absolute Gasteiger partial charge is 0.406 e. The van der Waals surface area contributed by atoms with Crippen LogP contribution < -0.4 is 0 Å². The normalized spacial score (nSPS) is 18.2. The van der Waals surface area contributed by atoms with E-state index >= 15 is 0 Å². The molecular formula is C15H18F3NO2. The summed E-state index contributed by atoms with van der Waals surface area (Å²) in [6.07, 6.45) is -2.28. The van der Waals surface area contributed by atoms with Crippen LogP contribution in [0.3, 0.4) is 0 Å². The van der Waals surface area contributed by atoms with Gasteiger partial charge in [0.05, 0.1) is 12.5 Å². The number of fused-ring (bicyclic) bond motifs is 1. The number of amides is 1. The molecule has 3 nitrogen and oxygen atoms in total. The van der Waals surface area contributed by atoms with Crippen molar-refractivity contribution in [3.63, 3.8) is 0 Å². The van der Waals surface area contributed by atoms with Gasteiger partial charge < -0.3 is 10.0 Å². The predicted octanol–water partition coefficient (Wildman–Crippen LogP) is 2.49. The van der Waals surface area contributed by atoms with E-state index in [1.54, 1.807) is 6.07 Å². The minimum Gasteiger partial charge on any atom is -0.395 e. The average molecular weight is 301 g/mol. The number of aliphatic hydroxyl groups is 1. The summed E-state index contributed by atoms with van der Waals surface area (Å²) in [4.78, 5) is 13.2. The molecule has 0 saturated heterocycles. The van der Waals surface area contributed by atoms with Crippen LogP contribution in [0.15, 0.2) is 24.3 Å². The molecule has 0 bridgehead atoms. The van der Waals surface area contributed by atoms with Crippen molar-refractivity contribution in [3.8, 4) is 0 Å².